The largest absolute Gasteiger partial charge is 0.324 e. The molecule has 7 heteroatoms. The lowest BCUT2D eigenvalue weighted by Crippen LogP contribution is -2.08. The van der Waals surface area contributed by atoms with Crippen molar-refractivity contribution in [2.24, 2.45) is 7.05 Å². The molecule has 0 aliphatic carbocycles. The van der Waals surface area contributed by atoms with Crippen LogP contribution in [0.4, 0.5) is 10.1 Å². The Hall–Kier alpha value is -4.52. The number of amides is 1. The van der Waals surface area contributed by atoms with Crippen LogP contribution in [0.5, 0.6) is 0 Å². The first-order valence-electron chi connectivity index (χ1n) is 11.3. The number of hydrogen-bond acceptors (Lipinski definition) is 3. The first-order valence-corrected chi connectivity index (χ1v) is 11.3. The maximum Gasteiger partial charge on any atom is 0.248 e. The molecule has 0 aliphatic heterocycles. The topological polar surface area (TPSA) is 64.7 Å². The Balaban J connectivity index is 1.26. The second-order valence-electron chi connectivity index (χ2n) is 8.33. The Morgan fingerprint density at radius 2 is 1.77 bits per heavy atom. The third-order valence-electron chi connectivity index (χ3n) is 5.91. The molecule has 0 fully saturated rings. The number of rotatable bonds is 6. The number of nitrogens with zero attached hydrogens (tertiary/aromatic N) is 4. The lowest BCUT2D eigenvalue weighted by atomic mass is 10.1. The van der Waals surface area contributed by atoms with Gasteiger partial charge in [0.25, 0.3) is 0 Å². The first-order chi connectivity index (χ1) is 17.0. The molecule has 6 nitrogen and oxygen atoms in total. The number of aryl methyl sites for hydroxylation is 2. The van der Waals surface area contributed by atoms with Gasteiger partial charge in [0.05, 0.1) is 22.9 Å². The van der Waals surface area contributed by atoms with Gasteiger partial charge in [-0.3, -0.25) is 9.48 Å². The Morgan fingerprint density at radius 1 is 1.03 bits per heavy atom. The summed E-state index contributed by atoms with van der Waals surface area (Å²) in [4.78, 5) is 17.1. The minimum absolute atomic E-state index is 0.247. The fraction of sp³-hybridized carbons (Fsp3) is 0.107. The van der Waals surface area contributed by atoms with Crippen molar-refractivity contribution in [3.63, 3.8) is 0 Å². The Kier molecular flexibility index (Phi) is 5.97. The molecular weight excluding hydrogens is 441 g/mol. The van der Waals surface area contributed by atoms with Crippen molar-refractivity contribution in [2.75, 3.05) is 5.32 Å². The lowest BCUT2D eigenvalue weighted by Gasteiger charge is -2.08. The zero-order valence-corrected chi connectivity index (χ0v) is 19.4. The minimum Gasteiger partial charge on any atom is -0.324 e. The van der Waals surface area contributed by atoms with Gasteiger partial charge in [0.15, 0.2) is 0 Å². The lowest BCUT2D eigenvalue weighted by molar-refractivity contribution is -0.111. The summed E-state index contributed by atoms with van der Waals surface area (Å²) < 4.78 is 17.2. The molecule has 2 aromatic heterocycles. The van der Waals surface area contributed by atoms with Crippen molar-refractivity contribution < 1.29 is 9.18 Å². The number of benzene rings is 3. The summed E-state index contributed by atoms with van der Waals surface area (Å²) in [7, 11) is 1.81. The van der Waals surface area contributed by atoms with Gasteiger partial charge in [-0.2, -0.15) is 5.10 Å². The Morgan fingerprint density at radius 3 is 2.54 bits per heavy atom. The standard InChI is InChI=1S/C28H24FN5O/c1-19-31-25-5-3-4-6-26(25)34(19)18-20-7-14-24(15-8-20)32-27(35)16-11-22-17-30-33(2)28(22)21-9-12-23(29)13-10-21/h3-17H,18H2,1-2H3,(H,32,35)/b16-11+. The Bertz CT molecular complexity index is 1530. The van der Waals surface area contributed by atoms with Crippen LogP contribution in [0.3, 0.4) is 0 Å². The molecule has 0 saturated carbocycles. The first kappa shape index (κ1) is 22.3. The van der Waals surface area contributed by atoms with Crippen molar-refractivity contribution in [1.82, 2.24) is 19.3 Å². The highest BCUT2D eigenvalue weighted by atomic mass is 19.1. The predicted molar refractivity (Wildman–Crippen MR) is 136 cm³/mol. The number of fused-ring (bicyclic) bond motifs is 1. The van der Waals surface area contributed by atoms with E-state index >= 15 is 0 Å². The summed E-state index contributed by atoms with van der Waals surface area (Å²) in [5.41, 5.74) is 6.31. The summed E-state index contributed by atoms with van der Waals surface area (Å²) in [6.45, 7) is 2.71. The molecule has 0 spiro atoms. The third kappa shape index (κ3) is 4.75. The number of carbonyl (C=O) groups excluding carboxylic acids is 1. The molecule has 0 unspecified atom stereocenters. The second-order valence-corrected chi connectivity index (χ2v) is 8.33. The van der Waals surface area contributed by atoms with E-state index in [2.05, 4.69) is 26.0 Å². The molecule has 174 valence electrons. The van der Waals surface area contributed by atoms with Crippen LogP contribution >= 0.6 is 0 Å². The van der Waals surface area contributed by atoms with Gasteiger partial charge >= 0.3 is 0 Å². The smallest absolute Gasteiger partial charge is 0.248 e. The van der Waals surface area contributed by atoms with E-state index < -0.39 is 0 Å². The van der Waals surface area contributed by atoms with E-state index in [9.17, 15) is 9.18 Å². The van der Waals surface area contributed by atoms with Gasteiger partial charge in [0.1, 0.15) is 11.6 Å². The molecule has 5 rings (SSSR count). The maximum atomic E-state index is 13.3. The van der Waals surface area contributed by atoms with Crippen LogP contribution in [0.1, 0.15) is 17.0 Å². The van der Waals surface area contributed by atoms with Crippen LogP contribution in [0.25, 0.3) is 28.4 Å². The summed E-state index contributed by atoms with van der Waals surface area (Å²) in [6, 6.07) is 22.1. The van der Waals surface area contributed by atoms with Crippen molar-refractivity contribution in [2.45, 2.75) is 13.5 Å². The van der Waals surface area contributed by atoms with Crippen molar-refractivity contribution in [3.8, 4) is 11.3 Å². The fourth-order valence-electron chi connectivity index (χ4n) is 4.16. The third-order valence-corrected chi connectivity index (χ3v) is 5.91. The molecule has 5 aromatic rings. The van der Waals surface area contributed by atoms with Crippen LogP contribution in [0.15, 0.2) is 85.1 Å². The van der Waals surface area contributed by atoms with Gasteiger partial charge < -0.3 is 9.88 Å². The molecule has 0 aliphatic rings. The molecule has 0 atom stereocenters. The maximum absolute atomic E-state index is 13.3. The van der Waals surface area contributed by atoms with Crippen molar-refractivity contribution in [3.05, 3.63) is 108 Å². The fourth-order valence-corrected chi connectivity index (χ4v) is 4.16. The number of hydrogen-bond donors (Lipinski definition) is 1. The molecule has 0 radical (unpaired) electrons. The van der Waals surface area contributed by atoms with Crippen LogP contribution < -0.4 is 5.32 Å². The molecular formula is C28H24FN5O. The molecule has 1 N–H and O–H groups in total. The number of halogens is 1. The highest BCUT2D eigenvalue weighted by molar-refractivity contribution is 6.02. The van der Waals surface area contributed by atoms with E-state index in [4.69, 9.17) is 0 Å². The summed E-state index contributed by atoms with van der Waals surface area (Å²) >= 11 is 0. The Labute approximate surface area is 202 Å². The molecule has 2 heterocycles. The predicted octanol–water partition coefficient (Wildman–Crippen LogP) is 5.58. The monoisotopic (exact) mass is 465 g/mol. The van der Waals surface area contributed by atoms with Gasteiger partial charge in [0, 0.05) is 36.5 Å². The quantitative estimate of drug-likeness (QED) is 0.333. The van der Waals surface area contributed by atoms with Crippen molar-refractivity contribution in [1.29, 1.82) is 0 Å². The number of aromatic nitrogens is 4. The number of nitrogens with one attached hydrogen (secondary N) is 1. The molecule has 3 aromatic carbocycles. The zero-order valence-electron chi connectivity index (χ0n) is 19.4. The minimum atomic E-state index is -0.299. The van der Waals surface area contributed by atoms with Crippen LogP contribution in [-0.4, -0.2) is 25.2 Å². The number of imidazole rings is 1. The van der Waals surface area contributed by atoms with Crippen LogP contribution in [0.2, 0.25) is 0 Å². The van der Waals surface area contributed by atoms with E-state index in [0.29, 0.717) is 12.2 Å². The highest BCUT2D eigenvalue weighted by Crippen LogP contribution is 2.24. The van der Waals surface area contributed by atoms with Crippen molar-refractivity contribution >= 4 is 28.7 Å². The van der Waals surface area contributed by atoms with E-state index in [0.717, 1.165) is 39.2 Å². The number of anilines is 1. The molecule has 1 amide bonds. The van der Waals surface area contributed by atoms with Gasteiger partial charge in [0.2, 0.25) is 5.91 Å². The van der Waals surface area contributed by atoms with Gasteiger partial charge in [-0.25, -0.2) is 9.37 Å². The van der Waals surface area contributed by atoms with Gasteiger partial charge in [-0.1, -0.05) is 24.3 Å². The molecule has 0 bridgehead atoms. The van der Waals surface area contributed by atoms with E-state index in [1.54, 1.807) is 29.1 Å². The van der Waals surface area contributed by atoms with Crippen LogP contribution in [-0.2, 0) is 18.4 Å². The SMILES string of the molecule is Cc1nc2ccccc2n1Cc1ccc(NC(=O)/C=C/c2cnn(C)c2-c2ccc(F)cc2)cc1. The normalized spacial score (nSPS) is 11.4. The van der Waals surface area contributed by atoms with Gasteiger partial charge in [-0.05, 0) is 67.1 Å². The summed E-state index contributed by atoms with van der Waals surface area (Å²) in [5, 5.41) is 7.17. The average Bonchev–Trinajstić information content (AvgIpc) is 3.38. The number of para-hydroxylation sites is 2. The second kappa shape index (κ2) is 9.38. The average molecular weight is 466 g/mol. The van der Waals surface area contributed by atoms with Crippen LogP contribution in [0, 0.1) is 12.7 Å². The zero-order chi connectivity index (χ0) is 24.4. The number of carbonyl (C=O) groups is 1. The molecule has 0 saturated heterocycles. The van der Waals surface area contributed by atoms with E-state index in [-0.39, 0.29) is 11.7 Å². The van der Waals surface area contributed by atoms with E-state index in [1.165, 1.54) is 18.2 Å². The summed E-state index contributed by atoms with van der Waals surface area (Å²) in [5.74, 6) is 0.416. The molecule has 35 heavy (non-hydrogen) atoms. The van der Waals surface area contributed by atoms with Gasteiger partial charge in [-0.15, -0.1) is 0 Å². The van der Waals surface area contributed by atoms with E-state index in [1.807, 2.05) is 56.4 Å². The highest BCUT2D eigenvalue weighted by Gasteiger charge is 2.10. The summed E-state index contributed by atoms with van der Waals surface area (Å²) in [6.07, 6.45) is 4.86.